The van der Waals surface area contributed by atoms with Gasteiger partial charge in [-0.3, -0.25) is 14.9 Å². The number of nitro benzene ring substituents is 1. The number of anilines is 1. The monoisotopic (exact) mass is 430 g/mol. The summed E-state index contributed by atoms with van der Waals surface area (Å²) in [7, 11) is 0. The summed E-state index contributed by atoms with van der Waals surface area (Å²) in [6.07, 6.45) is 0. The fraction of sp³-hybridized carbons (Fsp3) is 0.208. The van der Waals surface area contributed by atoms with Crippen molar-refractivity contribution in [1.82, 2.24) is 0 Å². The normalized spacial score (nSPS) is 20.4. The lowest BCUT2D eigenvalue weighted by Gasteiger charge is -2.24. The number of non-ortho nitro benzene ring substituents is 1. The van der Waals surface area contributed by atoms with E-state index in [0.717, 1.165) is 22.4 Å². The van der Waals surface area contributed by atoms with Gasteiger partial charge >= 0.3 is 0 Å². The highest BCUT2D eigenvalue weighted by Crippen LogP contribution is 2.54. The number of nitro groups is 1. The van der Waals surface area contributed by atoms with Crippen LogP contribution in [-0.2, 0) is 28.1 Å². The molecule has 0 aliphatic carbocycles. The van der Waals surface area contributed by atoms with Gasteiger partial charge in [0.05, 0.1) is 18.1 Å². The molecule has 0 aromatic heterocycles. The van der Waals surface area contributed by atoms with Gasteiger partial charge in [-0.2, -0.15) is 0 Å². The van der Waals surface area contributed by atoms with Crippen LogP contribution in [0.5, 0.6) is 11.5 Å². The Morgan fingerprint density at radius 3 is 2.75 bits per heavy atom. The van der Waals surface area contributed by atoms with E-state index in [4.69, 9.17) is 14.2 Å². The summed E-state index contributed by atoms with van der Waals surface area (Å²) in [5, 5.41) is 11.2. The van der Waals surface area contributed by atoms with Crippen LogP contribution in [0.3, 0.4) is 0 Å². The first kappa shape index (κ1) is 18.8. The molecule has 0 saturated heterocycles. The van der Waals surface area contributed by atoms with Crippen molar-refractivity contribution in [2.45, 2.75) is 18.6 Å². The highest BCUT2D eigenvalue weighted by atomic mass is 16.7. The van der Waals surface area contributed by atoms with Gasteiger partial charge in [0.1, 0.15) is 23.5 Å². The largest absolute Gasteiger partial charge is 0.491 e. The SMILES string of the molecule is O=C1N(Cc2cccc([N+](=O)[O-])c2)c2ccccc2C12COc1cc3c(cc12)OCOC3. The molecule has 1 atom stereocenters. The van der Waals surface area contributed by atoms with Crippen molar-refractivity contribution in [2.24, 2.45) is 0 Å². The van der Waals surface area contributed by atoms with E-state index in [1.54, 1.807) is 17.0 Å². The van der Waals surface area contributed by atoms with Crippen molar-refractivity contribution in [3.8, 4) is 11.5 Å². The van der Waals surface area contributed by atoms with Gasteiger partial charge in [-0.05, 0) is 29.3 Å². The molecule has 3 aliphatic rings. The molecule has 32 heavy (non-hydrogen) atoms. The van der Waals surface area contributed by atoms with Crippen LogP contribution in [-0.4, -0.2) is 24.2 Å². The highest BCUT2D eigenvalue weighted by Gasteiger charge is 2.57. The minimum absolute atomic E-state index is 0.00214. The summed E-state index contributed by atoms with van der Waals surface area (Å²) < 4.78 is 17.1. The van der Waals surface area contributed by atoms with Gasteiger partial charge in [0.15, 0.2) is 6.79 Å². The second-order valence-electron chi connectivity index (χ2n) is 8.10. The Morgan fingerprint density at radius 1 is 1.00 bits per heavy atom. The molecule has 0 saturated carbocycles. The van der Waals surface area contributed by atoms with Crippen LogP contribution in [0, 0.1) is 10.1 Å². The average molecular weight is 430 g/mol. The second-order valence-corrected chi connectivity index (χ2v) is 8.10. The summed E-state index contributed by atoms with van der Waals surface area (Å²) in [5.41, 5.74) is 3.01. The number of nitrogens with zero attached hydrogens (tertiary/aromatic N) is 2. The molecular weight excluding hydrogens is 412 g/mol. The molecular formula is C24H18N2O6. The Labute approximate surface area is 183 Å². The molecule has 0 N–H and O–H groups in total. The van der Waals surface area contributed by atoms with E-state index in [0.29, 0.717) is 23.7 Å². The van der Waals surface area contributed by atoms with Crippen molar-refractivity contribution in [3.63, 3.8) is 0 Å². The first-order valence-corrected chi connectivity index (χ1v) is 10.2. The maximum atomic E-state index is 14.0. The minimum Gasteiger partial charge on any atom is -0.491 e. The first-order valence-electron chi connectivity index (χ1n) is 10.2. The molecule has 3 aromatic rings. The fourth-order valence-electron chi connectivity index (χ4n) is 4.86. The van der Waals surface area contributed by atoms with Gasteiger partial charge in [0.2, 0.25) is 5.91 Å². The van der Waals surface area contributed by atoms with Gasteiger partial charge in [-0.15, -0.1) is 0 Å². The molecule has 0 fully saturated rings. The Balaban J connectivity index is 1.46. The van der Waals surface area contributed by atoms with E-state index < -0.39 is 10.3 Å². The molecule has 1 amide bonds. The second kappa shape index (κ2) is 6.80. The molecule has 3 aromatic carbocycles. The van der Waals surface area contributed by atoms with Crippen molar-refractivity contribution in [3.05, 3.63) is 93.0 Å². The van der Waals surface area contributed by atoms with Crippen molar-refractivity contribution >= 4 is 17.3 Å². The molecule has 8 heteroatoms. The minimum atomic E-state index is -0.983. The van der Waals surface area contributed by atoms with Crippen LogP contribution in [0.15, 0.2) is 60.7 Å². The molecule has 3 heterocycles. The third kappa shape index (κ3) is 2.56. The van der Waals surface area contributed by atoms with Crippen molar-refractivity contribution in [1.29, 1.82) is 0 Å². The Morgan fingerprint density at radius 2 is 1.88 bits per heavy atom. The van der Waals surface area contributed by atoms with Gasteiger partial charge < -0.3 is 19.1 Å². The van der Waals surface area contributed by atoms with Crippen LogP contribution in [0.2, 0.25) is 0 Å². The number of hydrogen-bond donors (Lipinski definition) is 0. The lowest BCUT2D eigenvalue weighted by molar-refractivity contribution is -0.384. The molecule has 160 valence electrons. The highest BCUT2D eigenvalue weighted by molar-refractivity contribution is 6.11. The summed E-state index contributed by atoms with van der Waals surface area (Å²) in [5.74, 6) is 1.23. The van der Waals surface area contributed by atoms with Crippen LogP contribution >= 0.6 is 0 Å². The maximum Gasteiger partial charge on any atom is 0.269 e. The third-order valence-electron chi connectivity index (χ3n) is 6.35. The zero-order valence-corrected chi connectivity index (χ0v) is 16.9. The number of carbonyl (C=O) groups is 1. The molecule has 6 rings (SSSR count). The van der Waals surface area contributed by atoms with Crippen LogP contribution in [0.4, 0.5) is 11.4 Å². The molecule has 8 nitrogen and oxygen atoms in total. The smallest absolute Gasteiger partial charge is 0.269 e. The number of carbonyl (C=O) groups excluding carboxylic acids is 1. The number of amides is 1. The molecule has 1 unspecified atom stereocenters. The Hall–Kier alpha value is -3.91. The van der Waals surface area contributed by atoms with Crippen LogP contribution < -0.4 is 14.4 Å². The van der Waals surface area contributed by atoms with E-state index in [9.17, 15) is 14.9 Å². The summed E-state index contributed by atoms with van der Waals surface area (Å²) in [6, 6.07) is 17.8. The van der Waals surface area contributed by atoms with E-state index in [1.165, 1.54) is 12.1 Å². The third-order valence-corrected chi connectivity index (χ3v) is 6.35. The van der Waals surface area contributed by atoms with Crippen molar-refractivity contribution in [2.75, 3.05) is 18.3 Å². The van der Waals surface area contributed by atoms with Gasteiger partial charge in [-0.1, -0.05) is 30.3 Å². The number of ether oxygens (including phenoxy) is 3. The zero-order chi connectivity index (χ0) is 21.9. The van der Waals surface area contributed by atoms with E-state index in [2.05, 4.69) is 0 Å². The number of hydrogen-bond acceptors (Lipinski definition) is 6. The van der Waals surface area contributed by atoms with E-state index in [1.807, 2.05) is 36.4 Å². The molecule has 3 aliphatic heterocycles. The topological polar surface area (TPSA) is 91.1 Å². The summed E-state index contributed by atoms with van der Waals surface area (Å²) in [4.78, 5) is 26.4. The van der Waals surface area contributed by atoms with Crippen molar-refractivity contribution < 1.29 is 23.9 Å². The zero-order valence-electron chi connectivity index (χ0n) is 16.9. The number of fused-ring (bicyclic) bond motifs is 5. The number of para-hydroxylation sites is 1. The van der Waals surface area contributed by atoms with E-state index in [-0.39, 0.29) is 31.5 Å². The average Bonchev–Trinajstić information content (AvgIpc) is 3.30. The van der Waals surface area contributed by atoms with E-state index >= 15 is 0 Å². The molecule has 0 bridgehead atoms. The van der Waals surface area contributed by atoms with Gasteiger partial charge in [0.25, 0.3) is 5.69 Å². The van der Waals surface area contributed by atoms with Gasteiger partial charge in [-0.25, -0.2) is 0 Å². The Kier molecular flexibility index (Phi) is 4.00. The summed E-state index contributed by atoms with van der Waals surface area (Å²) in [6.45, 7) is 1.02. The maximum absolute atomic E-state index is 14.0. The Bertz CT molecular complexity index is 1290. The number of rotatable bonds is 3. The molecule has 1 spiro atoms. The fourth-order valence-corrected chi connectivity index (χ4v) is 4.86. The lowest BCUT2D eigenvalue weighted by atomic mass is 9.77. The standard InChI is InChI=1S/C24H18N2O6/c27-23-24(13-31-22-9-16-12-30-14-32-21(16)10-19(22)24)18-6-1-2-7-20(18)25(23)11-15-4-3-5-17(8-15)26(28)29/h1-10H,11-14H2. The predicted octanol–water partition coefficient (Wildman–Crippen LogP) is 3.69. The number of benzene rings is 3. The van der Waals surface area contributed by atoms with Gasteiger partial charge in [0, 0.05) is 28.9 Å². The lowest BCUT2D eigenvalue weighted by Crippen LogP contribution is -2.42. The predicted molar refractivity (Wildman–Crippen MR) is 114 cm³/mol. The van der Waals surface area contributed by atoms with Crippen LogP contribution in [0.1, 0.15) is 22.3 Å². The van der Waals surface area contributed by atoms with Crippen LogP contribution in [0.25, 0.3) is 0 Å². The molecule has 0 radical (unpaired) electrons. The first-order chi connectivity index (χ1) is 15.6. The summed E-state index contributed by atoms with van der Waals surface area (Å²) >= 11 is 0. The quantitative estimate of drug-likeness (QED) is 0.465.